The Morgan fingerprint density at radius 3 is 2.57 bits per heavy atom. The van der Waals surface area contributed by atoms with Gasteiger partial charge in [0.05, 0.1) is 16.8 Å². The van der Waals surface area contributed by atoms with Gasteiger partial charge in [-0.15, -0.1) is 13.2 Å². The number of fused-ring (bicyclic) bond motifs is 2. The number of halogens is 3. The second-order valence-electron chi connectivity index (χ2n) is 6.34. The molecule has 4 rings (SSSR count). The van der Waals surface area contributed by atoms with Crippen LogP contribution in [0, 0.1) is 0 Å². The number of cyclic esters (lactones) is 1. The standard InChI is InChI=1S/C20H15F3N2O3/c1-24-9-11-2-7-14-15(8-11)25-16-10-27-19(26)18(16)17(14)12-3-5-13(6-4-12)28-20(21,22)23/h2-8,24H,9-10H2,1H3. The number of nitrogens with zero attached hydrogens (tertiary/aromatic N) is 1. The maximum atomic E-state index is 12.4. The largest absolute Gasteiger partial charge is 0.573 e. The number of hydrogen-bond acceptors (Lipinski definition) is 5. The van der Waals surface area contributed by atoms with Gasteiger partial charge in [0, 0.05) is 17.5 Å². The van der Waals surface area contributed by atoms with Crippen molar-refractivity contribution in [1.29, 1.82) is 0 Å². The maximum absolute atomic E-state index is 12.4. The zero-order valence-electron chi connectivity index (χ0n) is 14.8. The Hall–Kier alpha value is -3.13. The van der Waals surface area contributed by atoms with Crippen molar-refractivity contribution in [2.45, 2.75) is 19.5 Å². The Kier molecular flexibility index (Phi) is 4.43. The summed E-state index contributed by atoms with van der Waals surface area (Å²) in [6.07, 6.45) is -4.76. The van der Waals surface area contributed by atoms with E-state index in [9.17, 15) is 18.0 Å². The topological polar surface area (TPSA) is 60.4 Å². The molecule has 0 unspecified atom stereocenters. The summed E-state index contributed by atoms with van der Waals surface area (Å²) in [4.78, 5) is 16.8. The van der Waals surface area contributed by atoms with Crippen LogP contribution in [0.15, 0.2) is 42.5 Å². The molecule has 1 N–H and O–H groups in total. The summed E-state index contributed by atoms with van der Waals surface area (Å²) in [6, 6.07) is 11.1. The van der Waals surface area contributed by atoms with Crippen molar-refractivity contribution in [3.8, 4) is 16.9 Å². The van der Waals surface area contributed by atoms with Crippen molar-refractivity contribution in [2.24, 2.45) is 0 Å². The van der Waals surface area contributed by atoms with Gasteiger partial charge in [-0.2, -0.15) is 0 Å². The van der Waals surface area contributed by atoms with Gasteiger partial charge in [-0.05, 0) is 36.4 Å². The van der Waals surface area contributed by atoms with E-state index in [0.29, 0.717) is 34.4 Å². The zero-order chi connectivity index (χ0) is 19.9. The van der Waals surface area contributed by atoms with Crippen molar-refractivity contribution < 1.29 is 27.4 Å². The molecule has 2 aromatic carbocycles. The first-order valence-corrected chi connectivity index (χ1v) is 8.49. The van der Waals surface area contributed by atoms with Crippen LogP contribution in [-0.4, -0.2) is 24.4 Å². The Morgan fingerprint density at radius 1 is 1.14 bits per heavy atom. The molecule has 28 heavy (non-hydrogen) atoms. The minimum atomic E-state index is -4.76. The molecule has 0 radical (unpaired) electrons. The van der Waals surface area contributed by atoms with Gasteiger partial charge in [0.2, 0.25) is 0 Å². The predicted molar refractivity (Wildman–Crippen MR) is 95.7 cm³/mol. The second-order valence-corrected chi connectivity index (χ2v) is 6.34. The van der Waals surface area contributed by atoms with Crippen molar-refractivity contribution in [3.63, 3.8) is 0 Å². The first-order chi connectivity index (χ1) is 13.4. The summed E-state index contributed by atoms with van der Waals surface area (Å²) >= 11 is 0. The molecule has 0 spiro atoms. The number of alkyl halides is 3. The van der Waals surface area contributed by atoms with E-state index in [1.807, 2.05) is 25.2 Å². The van der Waals surface area contributed by atoms with Crippen LogP contribution in [-0.2, 0) is 17.9 Å². The average Bonchev–Trinajstić information content (AvgIpc) is 3.00. The Labute approximate surface area is 158 Å². The molecule has 1 aliphatic heterocycles. The molecule has 1 aromatic heterocycles. The summed E-state index contributed by atoms with van der Waals surface area (Å²) < 4.78 is 46.3. The lowest BCUT2D eigenvalue weighted by Crippen LogP contribution is -2.16. The van der Waals surface area contributed by atoms with Gasteiger partial charge < -0.3 is 14.8 Å². The number of benzene rings is 2. The van der Waals surface area contributed by atoms with Gasteiger partial charge in [0.25, 0.3) is 0 Å². The molecule has 0 amide bonds. The molecule has 2 heterocycles. The second kappa shape index (κ2) is 6.79. The van der Waals surface area contributed by atoms with E-state index in [1.54, 1.807) is 0 Å². The maximum Gasteiger partial charge on any atom is 0.573 e. The van der Waals surface area contributed by atoms with E-state index in [-0.39, 0.29) is 12.4 Å². The number of rotatable bonds is 4. The molecule has 5 nitrogen and oxygen atoms in total. The first kappa shape index (κ1) is 18.2. The highest BCUT2D eigenvalue weighted by Gasteiger charge is 2.32. The quantitative estimate of drug-likeness (QED) is 0.679. The lowest BCUT2D eigenvalue weighted by molar-refractivity contribution is -0.274. The van der Waals surface area contributed by atoms with E-state index in [0.717, 1.165) is 10.9 Å². The number of aromatic nitrogens is 1. The minimum absolute atomic E-state index is 0.0721. The predicted octanol–water partition coefficient (Wildman–Crippen LogP) is 4.19. The van der Waals surface area contributed by atoms with Gasteiger partial charge in [-0.3, -0.25) is 0 Å². The average molecular weight is 388 g/mol. The number of carbonyl (C=O) groups excluding carboxylic acids is 1. The van der Waals surface area contributed by atoms with Gasteiger partial charge in [0.15, 0.2) is 0 Å². The molecule has 144 valence electrons. The SMILES string of the molecule is CNCc1ccc2c(-c3ccc(OC(F)(F)F)cc3)c3c(nc2c1)COC3=O. The van der Waals surface area contributed by atoms with E-state index in [4.69, 9.17) is 4.74 Å². The summed E-state index contributed by atoms with van der Waals surface area (Å²) in [5, 5.41) is 3.79. The molecule has 0 atom stereocenters. The molecule has 0 saturated heterocycles. The normalized spacial score (nSPS) is 13.5. The zero-order valence-corrected chi connectivity index (χ0v) is 14.8. The third kappa shape index (κ3) is 3.38. The van der Waals surface area contributed by atoms with Crippen molar-refractivity contribution in [1.82, 2.24) is 10.3 Å². The van der Waals surface area contributed by atoms with E-state index in [1.165, 1.54) is 24.3 Å². The van der Waals surface area contributed by atoms with Crippen molar-refractivity contribution >= 4 is 16.9 Å². The van der Waals surface area contributed by atoms with Crippen LogP contribution in [0.25, 0.3) is 22.0 Å². The van der Waals surface area contributed by atoms with Crippen LogP contribution < -0.4 is 10.1 Å². The number of hydrogen-bond donors (Lipinski definition) is 1. The summed E-state index contributed by atoms with van der Waals surface area (Å²) in [5.74, 6) is -0.820. The number of ether oxygens (including phenoxy) is 2. The molecule has 0 saturated carbocycles. The van der Waals surface area contributed by atoms with E-state index >= 15 is 0 Å². The number of esters is 1. The monoisotopic (exact) mass is 388 g/mol. The van der Waals surface area contributed by atoms with Crippen molar-refractivity contribution in [3.05, 3.63) is 59.3 Å². The van der Waals surface area contributed by atoms with E-state index < -0.39 is 12.3 Å². The summed E-state index contributed by atoms with van der Waals surface area (Å²) in [6.45, 7) is 0.728. The third-order valence-electron chi connectivity index (χ3n) is 4.43. The number of nitrogens with one attached hydrogen (secondary N) is 1. The first-order valence-electron chi connectivity index (χ1n) is 8.49. The van der Waals surface area contributed by atoms with Crippen LogP contribution in [0.4, 0.5) is 13.2 Å². The van der Waals surface area contributed by atoms with Gasteiger partial charge >= 0.3 is 12.3 Å². The summed E-state index contributed by atoms with van der Waals surface area (Å²) in [7, 11) is 1.84. The van der Waals surface area contributed by atoms with Crippen LogP contribution in [0.3, 0.4) is 0 Å². The lowest BCUT2D eigenvalue weighted by Gasteiger charge is -2.13. The van der Waals surface area contributed by atoms with Crippen LogP contribution in [0.1, 0.15) is 21.6 Å². The molecular weight excluding hydrogens is 373 g/mol. The van der Waals surface area contributed by atoms with Crippen LogP contribution in [0.2, 0.25) is 0 Å². The Bertz CT molecular complexity index is 1060. The molecule has 0 bridgehead atoms. The molecular formula is C20H15F3N2O3. The highest BCUT2D eigenvalue weighted by atomic mass is 19.4. The van der Waals surface area contributed by atoms with E-state index in [2.05, 4.69) is 15.0 Å². The van der Waals surface area contributed by atoms with Crippen molar-refractivity contribution in [2.75, 3.05) is 7.05 Å². The van der Waals surface area contributed by atoms with Crippen LogP contribution in [0.5, 0.6) is 5.75 Å². The van der Waals surface area contributed by atoms with Gasteiger partial charge in [-0.25, -0.2) is 9.78 Å². The smallest absolute Gasteiger partial charge is 0.455 e. The van der Waals surface area contributed by atoms with Crippen LogP contribution >= 0.6 is 0 Å². The fraction of sp³-hybridized carbons (Fsp3) is 0.200. The molecule has 0 fully saturated rings. The fourth-order valence-corrected chi connectivity index (χ4v) is 3.33. The van der Waals surface area contributed by atoms with Gasteiger partial charge in [-0.1, -0.05) is 24.3 Å². The minimum Gasteiger partial charge on any atom is -0.455 e. The number of carbonyl (C=O) groups is 1. The lowest BCUT2D eigenvalue weighted by atomic mass is 9.94. The van der Waals surface area contributed by atoms with Gasteiger partial charge in [0.1, 0.15) is 12.4 Å². The summed E-state index contributed by atoms with van der Waals surface area (Å²) in [5.41, 5.74) is 3.75. The molecule has 8 heteroatoms. The molecule has 0 aliphatic carbocycles. The third-order valence-corrected chi connectivity index (χ3v) is 4.43. The molecule has 1 aliphatic rings. The molecule has 3 aromatic rings. The number of pyridine rings is 1. The highest BCUT2D eigenvalue weighted by Crippen LogP contribution is 2.37. The Balaban J connectivity index is 1.87. The fourth-order valence-electron chi connectivity index (χ4n) is 3.33. The highest BCUT2D eigenvalue weighted by molar-refractivity contribution is 6.09. The Morgan fingerprint density at radius 2 is 1.89 bits per heavy atom.